The van der Waals surface area contributed by atoms with Crippen LogP contribution in [0.1, 0.15) is 13.3 Å². The summed E-state index contributed by atoms with van der Waals surface area (Å²) in [5.74, 6) is -0.683. The van der Waals surface area contributed by atoms with E-state index in [0.717, 1.165) is 24.3 Å². The molecule has 0 saturated heterocycles. The van der Waals surface area contributed by atoms with Crippen molar-refractivity contribution in [2.75, 3.05) is 17.7 Å². The maximum atomic E-state index is 12.9. The second-order valence-corrected chi connectivity index (χ2v) is 8.05. The number of nitrogens with one attached hydrogen (secondary N) is 1. The number of aromatic nitrogens is 2. The predicted octanol–water partition coefficient (Wildman–Crippen LogP) is 3.08. The lowest BCUT2D eigenvalue weighted by molar-refractivity contribution is -0.115. The van der Waals surface area contributed by atoms with Gasteiger partial charge in [0.25, 0.3) is 0 Å². The van der Waals surface area contributed by atoms with Gasteiger partial charge in [-0.1, -0.05) is 5.10 Å². The molecule has 1 heterocycles. The van der Waals surface area contributed by atoms with E-state index in [1.807, 2.05) is 6.92 Å². The number of nitrogens with zero attached hydrogens (tertiary/aromatic N) is 2. The fourth-order valence-corrected chi connectivity index (χ4v) is 3.66. The van der Waals surface area contributed by atoms with Gasteiger partial charge in [-0.25, -0.2) is 12.8 Å². The molecule has 0 aliphatic carbocycles. The van der Waals surface area contributed by atoms with E-state index < -0.39 is 27.3 Å². The first kappa shape index (κ1) is 20.5. The summed E-state index contributed by atoms with van der Waals surface area (Å²) in [6.45, 7) is 2.43. The number of hydrogen-bond acceptors (Lipinski definition) is 7. The molecular formula is C19H18FN3O5S. The van der Waals surface area contributed by atoms with Gasteiger partial charge in [-0.05, 0) is 55.5 Å². The van der Waals surface area contributed by atoms with Crippen molar-refractivity contribution in [3.63, 3.8) is 0 Å². The van der Waals surface area contributed by atoms with Crippen molar-refractivity contribution in [1.82, 2.24) is 10.2 Å². The Morgan fingerprint density at radius 3 is 2.45 bits per heavy atom. The van der Waals surface area contributed by atoms with Crippen molar-refractivity contribution in [3.05, 3.63) is 54.3 Å². The summed E-state index contributed by atoms with van der Waals surface area (Å²) in [5, 5.41) is 9.96. The SMILES string of the molecule is CCOc1ccc(-c2nnc(NC(=O)CCS(=O)(=O)c3ccc(F)cc3)o2)cc1. The average Bonchev–Trinajstić information content (AvgIpc) is 3.16. The van der Waals surface area contributed by atoms with E-state index in [9.17, 15) is 17.6 Å². The first-order chi connectivity index (χ1) is 13.9. The standard InChI is InChI=1S/C19H18FN3O5S/c1-2-27-15-7-3-13(4-8-15)18-22-23-19(28-18)21-17(24)11-12-29(25,26)16-9-5-14(20)6-10-16/h3-10H,2,11-12H2,1H3,(H,21,23,24). The Bertz CT molecular complexity index is 1080. The number of benzene rings is 2. The van der Waals surface area contributed by atoms with Crippen molar-refractivity contribution in [2.24, 2.45) is 0 Å². The van der Waals surface area contributed by atoms with Crippen LogP contribution in [0.25, 0.3) is 11.5 Å². The smallest absolute Gasteiger partial charge is 0.322 e. The van der Waals surface area contributed by atoms with Gasteiger partial charge in [0.2, 0.25) is 11.8 Å². The molecule has 0 aliphatic heterocycles. The molecule has 3 rings (SSSR count). The first-order valence-corrected chi connectivity index (χ1v) is 10.4. The van der Waals surface area contributed by atoms with Crippen molar-refractivity contribution < 1.29 is 26.8 Å². The Labute approximate surface area is 166 Å². The fourth-order valence-electron chi connectivity index (χ4n) is 2.42. The van der Waals surface area contributed by atoms with Crippen LogP contribution >= 0.6 is 0 Å². The van der Waals surface area contributed by atoms with Crippen molar-refractivity contribution >= 4 is 21.8 Å². The molecule has 0 aliphatic rings. The lowest BCUT2D eigenvalue weighted by atomic mass is 10.2. The van der Waals surface area contributed by atoms with Crippen LogP contribution in [0.15, 0.2) is 57.8 Å². The highest BCUT2D eigenvalue weighted by molar-refractivity contribution is 7.91. The molecule has 0 spiro atoms. The molecule has 0 atom stereocenters. The van der Waals surface area contributed by atoms with Gasteiger partial charge in [0.1, 0.15) is 11.6 Å². The topological polar surface area (TPSA) is 111 Å². The zero-order valence-corrected chi connectivity index (χ0v) is 16.3. The van der Waals surface area contributed by atoms with Crippen LogP contribution in [0.2, 0.25) is 0 Å². The molecule has 10 heteroatoms. The predicted molar refractivity (Wildman–Crippen MR) is 103 cm³/mol. The summed E-state index contributed by atoms with van der Waals surface area (Å²) >= 11 is 0. The number of hydrogen-bond donors (Lipinski definition) is 1. The maximum Gasteiger partial charge on any atom is 0.322 e. The molecule has 0 bridgehead atoms. The highest BCUT2D eigenvalue weighted by atomic mass is 32.2. The van der Waals surface area contributed by atoms with Crippen LogP contribution in [0.3, 0.4) is 0 Å². The van der Waals surface area contributed by atoms with E-state index in [1.165, 1.54) is 0 Å². The maximum absolute atomic E-state index is 12.9. The molecule has 152 valence electrons. The molecule has 0 saturated carbocycles. The number of rotatable bonds is 8. The second kappa shape index (κ2) is 8.82. The molecular weight excluding hydrogens is 401 g/mol. The van der Waals surface area contributed by atoms with Crippen molar-refractivity contribution in [1.29, 1.82) is 0 Å². The van der Waals surface area contributed by atoms with Crippen LogP contribution in [0.4, 0.5) is 10.4 Å². The zero-order chi connectivity index (χ0) is 20.9. The van der Waals surface area contributed by atoms with Gasteiger partial charge in [0, 0.05) is 12.0 Å². The molecule has 1 aromatic heterocycles. The van der Waals surface area contributed by atoms with E-state index in [4.69, 9.17) is 9.15 Å². The van der Waals surface area contributed by atoms with Gasteiger partial charge in [0.15, 0.2) is 9.84 Å². The lowest BCUT2D eigenvalue weighted by Crippen LogP contribution is -2.17. The summed E-state index contributed by atoms with van der Waals surface area (Å²) < 4.78 is 48.1. The molecule has 8 nitrogen and oxygen atoms in total. The summed E-state index contributed by atoms with van der Waals surface area (Å²) in [5.41, 5.74) is 0.639. The van der Waals surface area contributed by atoms with Gasteiger partial charge in [-0.15, -0.1) is 5.10 Å². The number of ether oxygens (including phenoxy) is 1. The molecule has 0 fully saturated rings. The largest absolute Gasteiger partial charge is 0.494 e. The molecule has 29 heavy (non-hydrogen) atoms. The third-order valence-electron chi connectivity index (χ3n) is 3.85. The highest BCUT2D eigenvalue weighted by Gasteiger charge is 2.18. The minimum atomic E-state index is -3.72. The number of carbonyl (C=O) groups is 1. The Hall–Kier alpha value is -3.27. The van der Waals surface area contributed by atoms with E-state index in [1.54, 1.807) is 24.3 Å². The zero-order valence-electron chi connectivity index (χ0n) is 15.5. The lowest BCUT2D eigenvalue weighted by Gasteiger charge is -2.04. The third-order valence-corrected chi connectivity index (χ3v) is 5.59. The number of halogens is 1. The average molecular weight is 419 g/mol. The van der Waals surface area contributed by atoms with Crippen LogP contribution < -0.4 is 10.1 Å². The second-order valence-electron chi connectivity index (χ2n) is 5.94. The van der Waals surface area contributed by atoms with E-state index in [0.29, 0.717) is 17.9 Å². The Morgan fingerprint density at radius 1 is 1.10 bits per heavy atom. The quantitative estimate of drug-likeness (QED) is 0.559. The Morgan fingerprint density at radius 2 is 1.79 bits per heavy atom. The number of anilines is 1. The van der Waals surface area contributed by atoms with Crippen LogP contribution in [-0.2, 0) is 14.6 Å². The summed E-state index contributed by atoms with van der Waals surface area (Å²) in [4.78, 5) is 12.0. The van der Waals surface area contributed by atoms with Gasteiger partial charge < -0.3 is 9.15 Å². The normalized spacial score (nSPS) is 11.2. The Kier molecular flexibility index (Phi) is 6.23. The van der Waals surface area contributed by atoms with Gasteiger partial charge in [0.05, 0.1) is 17.3 Å². The monoisotopic (exact) mass is 419 g/mol. The molecule has 1 N–H and O–H groups in total. The molecule has 2 aromatic carbocycles. The van der Waals surface area contributed by atoms with E-state index in [-0.39, 0.29) is 23.2 Å². The van der Waals surface area contributed by atoms with E-state index in [2.05, 4.69) is 15.5 Å². The fraction of sp³-hybridized carbons (Fsp3) is 0.211. The minimum absolute atomic E-state index is 0.0534. The third kappa shape index (κ3) is 5.38. The molecule has 0 unspecified atom stereocenters. The number of amides is 1. The van der Waals surface area contributed by atoms with Crippen LogP contribution in [-0.4, -0.2) is 36.9 Å². The summed E-state index contributed by atoms with van der Waals surface area (Å²) in [6.07, 6.45) is -0.319. The number of sulfone groups is 1. The minimum Gasteiger partial charge on any atom is -0.494 e. The highest BCUT2D eigenvalue weighted by Crippen LogP contribution is 2.23. The van der Waals surface area contributed by atoms with Crippen molar-refractivity contribution in [3.8, 4) is 17.2 Å². The van der Waals surface area contributed by atoms with E-state index >= 15 is 0 Å². The number of carbonyl (C=O) groups excluding carboxylic acids is 1. The summed E-state index contributed by atoms with van der Waals surface area (Å²) in [6, 6.07) is 11.2. The molecule has 3 aromatic rings. The first-order valence-electron chi connectivity index (χ1n) is 8.72. The summed E-state index contributed by atoms with van der Waals surface area (Å²) in [7, 11) is -3.72. The molecule has 0 radical (unpaired) electrons. The van der Waals surface area contributed by atoms with Crippen molar-refractivity contribution in [2.45, 2.75) is 18.2 Å². The van der Waals surface area contributed by atoms with Gasteiger partial charge in [-0.2, -0.15) is 0 Å². The van der Waals surface area contributed by atoms with Gasteiger partial charge >= 0.3 is 6.01 Å². The Balaban J connectivity index is 1.58. The van der Waals surface area contributed by atoms with Crippen LogP contribution in [0.5, 0.6) is 5.75 Å². The van der Waals surface area contributed by atoms with Gasteiger partial charge in [-0.3, -0.25) is 10.1 Å². The van der Waals surface area contributed by atoms with Crippen LogP contribution in [0, 0.1) is 5.82 Å². The molecule has 1 amide bonds.